The van der Waals surface area contributed by atoms with Crippen molar-refractivity contribution in [3.8, 4) is 10.7 Å². The lowest BCUT2D eigenvalue weighted by molar-refractivity contribution is 0.755. The van der Waals surface area contributed by atoms with Crippen LogP contribution in [0.2, 0.25) is 0 Å². The van der Waals surface area contributed by atoms with Gasteiger partial charge in [0, 0.05) is 18.8 Å². The van der Waals surface area contributed by atoms with Gasteiger partial charge in [0.05, 0.1) is 17.1 Å². The number of thiophene rings is 1. The molecule has 5 nitrogen and oxygen atoms in total. The second-order valence-electron chi connectivity index (χ2n) is 4.33. The molecule has 0 saturated heterocycles. The lowest BCUT2D eigenvalue weighted by Gasteiger charge is -2.04. The van der Waals surface area contributed by atoms with Crippen LogP contribution in [0.3, 0.4) is 0 Å². The van der Waals surface area contributed by atoms with E-state index in [9.17, 15) is 0 Å². The van der Waals surface area contributed by atoms with Gasteiger partial charge < -0.3 is 0 Å². The zero-order valence-corrected chi connectivity index (χ0v) is 12.3. The van der Waals surface area contributed by atoms with Crippen LogP contribution in [0.15, 0.2) is 23.7 Å². The van der Waals surface area contributed by atoms with E-state index in [0.29, 0.717) is 11.3 Å². The van der Waals surface area contributed by atoms with Crippen LogP contribution < -0.4 is 0 Å². The minimum atomic E-state index is 0.631. The lowest BCUT2D eigenvalue weighted by Crippen LogP contribution is -2.02. The smallest absolute Gasteiger partial charge is 0.195 e. The Bertz CT molecular complexity index is 748. The molecule has 0 fully saturated rings. The Kier molecular flexibility index (Phi) is 3.08. The highest BCUT2D eigenvalue weighted by Gasteiger charge is 2.12. The maximum atomic E-state index is 5.32. The molecule has 0 amide bonds. The molecule has 0 aliphatic rings. The molecule has 0 saturated carbocycles. The number of hydrogen-bond donors (Lipinski definition) is 1. The maximum absolute atomic E-state index is 5.32. The minimum absolute atomic E-state index is 0.631. The van der Waals surface area contributed by atoms with E-state index < -0.39 is 0 Å². The molecule has 3 rings (SSSR count). The van der Waals surface area contributed by atoms with Gasteiger partial charge in [-0.15, -0.1) is 11.3 Å². The summed E-state index contributed by atoms with van der Waals surface area (Å²) in [7, 11) is 1.92. The Hall–Kier alpha value is -1.73. The van der Waals surface area contributed by atoms with Crippen molar-refractivity contribution >= 4 is 23.6 Å². The van der Waals surface area contributed by atoms with E-state index in [1.165, 1.54) is 0 Å². The summed E-state index contributed by atoms with van der Waals surface area (Å²) in [4.78, 5) is 1.11. The van der Waals surface area contributed by atoms with Crippen molar-refractivity contribution < 1.29 is 0 Å². The topological polar surface area (TPSA) is 51.4 Å². The van der Waals surface area contributed by atoms with Gasteiger partial charge in [-0.3, -0.25) is 14.3 Å². The summed E-state index contributed by atoms with van der Waals surface area (Å²) >= 11 is 6.97. The first-order valence-electron chi connectivity index (χ1n) is 5.83. The van der Waals surface area contributed by atoms with E-state index in [1.807, 2.05) is 46.9 Å². The number of aromatic nitrogens is 5. The summed E-state index contributed by atoms with van der Waals surface area (Å²) in [5, 5.41) is 13.6. The Balaban J connectivity index is 2.04. The molecule has 1 N–H and O–H groups in total. The standard InChI is InChI=1S/C12H13N5S2/c1-8-9(6-16(2)15-8)7-17-11(13-14-12(17)18)10-4-3-5-19-10/h3-6H,7H2,1-2H3,(H,14,18). The van der Waals surface area contributed by atoms with Crippen LogP contribution in [0.25, 0.3) is 10.7 Å². The van der Waals surface area contributed by atoms with Crippen molar-refractivity contribution in [2.24, 2.45) is 7.05 Å². The molecule has 0 aromatic carbocycles. The van der Waals surface area contributed by atoms with Gasteiger partial charge in [0.25, 0.3) is 0 Å². The highest BCUT2D eigenvalue weighted by atomic mass is 32.1. The SMILES string of the molecule is Cc1nn(C)cc1Cn1c(-c2cccs2)n[nH]c1=S. The molecule has 0 bridgehead atoms. The predicted octanol–water partition coefficient (Wildman–Crippen LogP) is 2.76. The number of H-pyrrole nitrogens is 1. The molecule has 98 valence electrons. The second kappa shape index (κ2) is 4.75. The van der Waals surface area contributed by atoms with E-state index in [4.69, 9.17) is 12.2 Å². The Labute approximate surface area is 119 Å². The normalized spacial score (nSPS) is 11.1. The number of nitrogens with zero attached hydrogens (tertiary/aromatic N) is 4. The van der Waals surface area contributed by atoms with Gasteiger partial charge in [-0.2, -0.15) is 10.2 Å². The number of hydrogen-bond acceptors (Lipinski definition) is 4. The fraction of sp³-hybridized carbons (Fsp3) is 0.250. The van der Waals surface area contributed by atoms with Gasteiger partial charge in [0.15, 0.2) is 10.6 Å². The summed E-state index contributed by atoms with van der Waals surface area (Å²) in [5.41, 5.74) is 2.17. The van der Waals surface area contributed by atoms with Crippen molar-refractivity contribution in [1.82, 2.24) is 24.5 Å². The van der Waals surface area contributed by atoms with Crippen LogP contribution in [0.1, 0.15) is 11.3 Å². The van der Waals surface area contributed by atoms with E-state index in [-0.39, 0.29) is 0 Å². The van der Waals surface area contributed by atoms with Crippen molar-refractivity contribution in [3.05, 3.63) is 39.7 Å². The van der Waals surface area contributed by atoms with E-state index in [0.717, 1.165) is 22.0 Å². The summed E-state index contributed by atoms with van der Waals surface area (Å²) in [6.07, 6.45) is 2.02. The quantitative estimate of drug-likeness (QED) is 0.755. The summed E-state index contributed by atoms with van der Waals surface area (Å²) < 4.78 is 4.45. The highest BCUT2D eigenvalue weighted by molar-refractivity contribution is 7.71. The van der Waals surface area contributed by atoms with Gasteiger partial charge in [-0.1, -0.05) is 6.07 Å². The number of rotatable bonds is 3. The zero-order chi connectivity index (χ0) is 13.4. The molecule has 0 radical (unpaired) electrons. The first kappa shape index (κ1) is 12.3. The average Bonchev–Trinajstić information content (AvgIpc) is 3.04. The third-order valence-corrected chi connectivity index (χ3v) is 4.12. The van der Waals surface area contributed by atoms with Gasteiger partial charge >= 0.3 is 0 Å². The van der Waals surface area contributed by atoms with E-state index >= 15 is 0 Å². The number of aryl methyl sites for hydroxylation is 2. The maximum Gasteiger partial charge on any atom is 0.195 e. The number of aromatic amines is 1. The Morgan fingerprint density at radius 3 is 2.95 bits per heavy atom. The largest absolute Gasteiger partial charge is 0.295 e. The molecule has 3 aromatic heterocycles. The van der Waals surface area contributed by atoms with Crippen LogP contribution in [-0.2, 0) is 13.6 Å². The molecule has 0 unspecified atom stereocenters. The molecule has 0 aliphatic carbocycles. The van der Waals surface area contributed by atoms with Crippen LogP contribution in [-0.4, -0.2) is 24.5 Å². The van der Waals surface area contributed by atoms with Crippen LogP contribution in [0.5, 0.6) is 0 Å². The molecule has 7 heteroatoms. The third kappa shape index (κ3) is 2.26. The zero-order valence-electron chi connectivity index (χ0n) is 10.6. The highest BCUT2D eigenvalue weighted by Crippen LogP contribution is 2.23. The molecule has 3 aromatic rings. The molecular weight excluding hydrogens is 278 g/mol. The van der Waals surface area contributed by atoms with Crippen molar-refractivity contribution in [3.63, 3.8) is 0 Å². The summed E-state index contributed by atoms with van der Waals surface area (Å²) in [6.45, 7) is 2.69. The Morgan fingerprint density at radius 2 is 2.32 bits per heavy atom. The minimum Gasteiger partial charge on any atom is -0.295 e. The molecule has 0 aliphatic heterocycles. The average molecular weight is 291 g/mol. The van der Waals surface area contributed by atoms with Crippen molar-refractivity contribution in [2.45, 2.75) is 13.5 Å². The fourth-order valence-corrected chi connectivity index (χ4v) is 2.95. The fourth-order valence-electron chi connectivity index (χ4n) is 2.03. The summed E-state index contributed by atoms with van der Waals surface area (Å²) in [6, 6.07) is 4.06. The van der Waals surface area contributed by atoms with Gasteiger partial charge in [0.1, 0.15) is 0 Å². The van der Waals surface area contributed by atoms with E-state index in [1.54, 1.807) is 11.3 Å². The predicted molar refractivity (Wildman–Crippen MR) is 77.8 cm³/mol. The van der Waals surface area contributed by atoms with Gasteiger partial charge in [-0.05, 0) is 30.6 Å². The van der Waals surface area contributed by atoms with Gasteiger partial charge in [-0.25, -0.2) is 0 Å². The van der Waals surface area contributed by atoms with Crippen molar-refractivity contribution in [2.75, 3.05) is 0 Å². The van der Waals surface area contributed by atoms with Gasteiger partial charge in [0.2, 0.25) is 0 Å². The first-order chi connectivity index (χ1) is 9.15. The first-order valence-corrected chi connectivity index (χ1v) is 7.12. The Morgan fingerprint density at radius 1 is 1.47 bits per heavy atom. The molecule has 0 atom stereocenters. The second-order valence-corrected chi connectivity index (χ2v) is 5.66. The van der Waals surface area contributed by atoms with Crippen LogP contribution in [0, 0.1) is 11.7 Å². The third-order valence-electron chi connectivity index (χ3n) is 2.94. The lowest BCUT2D eigenvalue weighted by atomic mass is 10.2. The van der Waals surface area contributed by atoms with Crippen molar-refractivity contribution in [1.29, 1.82) is 0 Å². The van der Waals surface area contributed by atoms with Crippen LogP contribution >= 0.6 is 23.6 Å². The molecule has 3 heterocycles. The van der Waals surface area contributed by atoms with Crippen LogP contribution in [0.4, 0.5) is 0 Å². The molecule has 19 heavy (non-hydrogen) atoms. The monoisotopic (exact) mass is 291 g/mol. The number of nitrogens with one attached hydrogen (secondary N) is 1. The molecular formula is C12H13N5S2. The van der Waals surface area contributed by atoms with E-state index in [2.05, 4.69) is 15.3 Å². The molecule has 0 spiro atoms. The summed E-state index contributed by atoms with van der Waals surface area (Å²) in [5.74, 6) is 0.878.